The Morgan fingerprint density at radius 2 is 2.21 bits per heavy atom. The zero-order valence-corrected chi connectivity index (χ0v) is 13.2. The molecular formula is C14H25Cl2N3. The van der Waals surface area contributed by atoms with E-state index in [9.17, 15) is 0 Å². The predicted octanol–water partition coefficient (Wildman–Crippen LogP) is 2.54. The highest BCUT2D eigenvalue weighted by Gasteiger charge is 2.20. The van der Waals surface area contributed by atoms with E-state index in [1.54, 1.807) is 0 Å². The van der Waals surface area contributed by atoms with Crippen LogP contribution in [0.15, 0.2) is 24.5 Å². The molecule has 3 nitrogen and oxygen atoms in total. The molecule has 2 rings (SSSR count). The van der Waals surface area contributed by atoms with Gasteiger partial charge in [-0.25, -0.2) is 0 Å². The summed E-state index contributed by atoms with van der Waals surface area (Å²) in [5.74, 6) is 0. The van der Waals surface area contributed by atoms with E-state index < -0.39 is 0 Å². The molecule has 110 valence electrons. The summed E-state index contributed by atoms with van der Waals surface area (Å²) in [5.41, 5.74) is 1.35. The number of nitrogens with one attached hydrogen (secondary N) is 1. The van der Waals surface area contributed by atoms with E-state index in [4.69, 9.17) is 0 Å². The largest absolute Gasteiger partial charge is 0.315 e. The van der Waals surface area contributed by atoms with Gasteiger partial charge in [0.05, 0.1) is 0 Å². The maximum absolute atomic E-state index is 4.18. The van der Waals surface area contributed by atoms with E-state index in [0.29, 0.717) is 0 Å². The van der Waals surface area contributed by atoms with Crippen molar-refractivity contribution in [2.75, 3.05) is 26.2 Å². The molecule has 2 heterocycles. The Morgan fingerprint density at radius 1 is 1.37 bits per heavy atom. The van der Waals surface area contributed by atoms with Gasteiger partial charge in [-0.1, -0.05) is 13.0 Å². The second-order valence-electron chi connectivity index (χ2n) is 4.79. The van der Waals surface area contributed by atoms with Gasteiger partial charge in [0.15, 0.2) is 0 Å². The molecule has 1 fully saturated rings. The van der Waals surface area contributed by atoms with Crippen LogP contribution in [0.4, 0.5) is 0 Å². The molecule has 1 aromatic rings. The second-order valence-corrected chi connectivity index (χ2v) is 4.79. The van der Waals surface area contributed by atoms with Crippen LogP contribution in [0, 0.1) is 0 Å². The molecule has 1 aliphatic heterocycles. The third-order valence-electron chi connectivity index (χ3n) is 3.47. The van der Waals surface area contributed by atoms with Gasteiger partial charge in [0.2, 0.25) is 0 Å². The van der Waals surface area contributed by atoms with Gasteiger partial charge < -0.3 is 5.32 Å². The second kappa shape index (κ2) is 10.4. The summed E-state index contributed by atoms with van der Waals surface area (Å²) in [5, 5.41) is 3.46. The standard InChI is InChI=1S/C14H23N3.2ClH/c1-2-9-17(14-5-8-16-12-14)10-6-13-4-3-7-15-11-13;;/h3-4,7,11,14,16H,2,5-6,8-10,12H2,1H3;2*1H. The van der Waals surface area contributed by atoms with Crippen LogP contribution in [0.25, 0.3) is 0 Å². The Labute approximate surface area is 129 Å². The van der Waals surface area contributed by atoms with E-state index >= 15 is 0 Å². The molecule has 1 aromatic heterocycles. The Kier molecular flexibility index (Phi) is 10.2. The SMILES string of the molecule is CCCN(CCc1cccnc1)C1CCNC1.Cl.Cl. The fraction of sp³-hybridized carbons (Fsp3) is 0.643. The highest BCUT2D eigenvalue weighted by Crippen LogP contribution is 2.10. The lowest BCUT2D eigenvalue weighted by atomic mass is 10.1. The first-order chi connectivity index (χ1) is 8.40. The number of hydrogen-bond acceptors (Lipinski definition) is 3. The molecule has 1 aliphatic rings. The van der Waals surface area contributed by atoms with Crippen LogP contribution >= 0.6 is 24.8 Å². The molecule has 0 bridgehead atoms. The lowest BCUT2D eigenvalue weighted by molar-refractivity contribution is 0.211. The van der Waals surface area contributed by atoms with E-state index in [-0.39, 0.29) is 24.8 Å². The number of rotatable bonds is 6. The Morgan fingerprint density at radius 3 is 2.79 bits per heavy atom. The van der Waals surface area contributed by atoms with Crippen LogP contribution in [0.5, 0.6) is 0 Å². The topological polar surface area (TPSA) is 28.2 Å². The lowest BCUT2D eigenvalue weighted by Gasteiger charge is -2.27. The molecule has 0 radical (unpaired) electrons. The first-order valence-electron chi connectivity index (χ1n) is 6.74. The summed E-state index contributed by atoms with van der Waals surface area (Å²) in [4.78, 5) is 6.81. The fourth-order valence-electron chi connectivity index (χ4n) is 2.53. The summed E-state index contributed by atoms with van der Waals surface area (Å²) >= 11 is 0. The summed E-state index contributed by atoms with van der Waals surface area (Å²) in [6.07, 6.45) is 7.48. The summed E-state index contributed by atoms with van der Waals surface area (Å²) in [6.45, 7) is 6.97. The Hall–Kier alpha value is -0.350. The van der Waals surface area contributed by atoms with Crippen molar-refractivity contribution in [3.63, 3.8) is 0 Å². The lowest BCUT2D eigenvalue weighted by Crippen LogP contribution is -2.38. The van der Waals surface area contributed by atoms with Gasteiger partial charge in [-0.15, -0.1) is 24.8 Å². The molecule has 1 N–H and O–H groups in total. The average Bonchev–Trinajstić information content (AvgIpc) is 2.89. The highest BCUT2D eigenvalue weighted by atomic mass is 35.5. The van der Waals surface area contributed by atoms with Gasteiger partial charge in [-0.3, -0.25) is 9.88 Å². The van der Waals surface area contributed by atoms with Crippen molar-refractivity contribution in [3.8, 4) is 0 Å². The van der Waals surface area contributed by atoms with E-state index in [1.165, 1.54) is 31.5 Å². The summed E-state index contributed by atoms with van der Waals surface area (Å²) < 4.78 is 0. The van der Waals surface area contributed by atoms with Crippen LogP contribution in [0.1, 0.15) is 25.3 Å². The Bertz CT molecular complexity index is 316. The maximum atomic E-state index is 4.18. The number of aromatic nitrogens is 1. The van der Waals surface area contributed by atoms with Crippen LogP contribution < -0.4 is 5.32 Å². The van der Waals surface area contributed by atoms with Crippen LogP contribution in [0.3, 0.4) is 0 Å². The van der Waals surface area contributed by atoms with Crippen molar-refractivity contribution in [2.24, 2.45) is 0 Å². The first-order valence-corrected chi connectivity index (χ1v) is 6.74. The molecule has 0 aromatic carbocycles. The third-order valence-corrected chi connectivity index (χ3v) is 3.47. The zero-order valence-electron chi connectivity index (χ0n) is 11.5. The highest BCUT2D eigenvalue weighted by molar-refractivity contribution is 5.85. The molecule has 1 saturated heterocycles. The van der Waals surface area contributed by atoms with Gasteiger partial charge in [0, 0.05) is 31.5 Å². The molecule has 0 spiro atoms. The predicted molar refractivity (Wildman–Crippen MR) is 85.6 cm³/mol. The monoisotopic (exact) mass is 305 g/mol. The van der Waals surface area contributed by atoms with Crippen molar-refractivity contribution >= 4 is 24.8 Å². The number of halogens is 2. The average molecular weight is 306 g/mol. The van der Waals surface area contributed by atoms with Gasteiger partial charge in [0.1, 0.15) is 0 Å². The molecule has 5 heteroatoms. The zero-order chi connectivity index (χ0) is 11.9. The van der Waals surface area contributed by atoms with Gasteiger partial charge in [-0.2, -0.15) is 0 Å². The first kappa shape index (κ1) is 18.7. The minimum absolute atomic E-state index is 0. The molecule has 0 aliphatic carbocycles. The normalized spacial score (nSPS) is 17.9. The summed E-state index contributed by atoms with van der Waals surface area (Å²) in [6, 6.07) is 4.94. The number of pyridine rings is 1. The van der Waals surface area contributed by atoms with Gasteiger partial charge in [-0.05, 0) is 44.0 Å². The van der Waals surface area contributed by atoms with Crippen LogP contribution in [0.2, 0.25) is 0 Å². The van der Waals surface area contributed by atoms with E-state index in [2.05, 4.69) is 28.2 Å². The maximum Gasteiger partial charge on any atom is 0.0300 e. The molecule has 0 saturated carbocycles. The Balaban J connectivity index is 0.00000162. The number of hydrogen-bond donors (Lipinski definition) is 1. The van der Waals surface area contributed by atoms with Crippen LogP contribution in [-0.2, 0) is 6.42 Å². The molecule has 19 heavy (non-hydrogen) atoms. The number of nitrogens with zero attached hydrogens (tertiary/aromatic N) is 2. The van der Waals surface area contributed by atoms with Crippen molar-refractivity contribution in [2.45, 2.75) is 32.2 Å². The van der Waals surface area contributed by atoms with Gasteiger partial charge in [0.25, 0.3) is 0 Å². The van der Waals surface area contributed by atoms with Gasteiger partial charge >= 0.3 is 0 Å². The minimum atomic E-state index is 0. The summed E-state index contributed by atoms with van der Waals surface area (Å²) in [7, 11) is 0. The quantitative estimate of drug-likeness (QED) is 0.875. The van der Waals surface area contributed by atoms with Crippen molar-refractivity contribution in [3.05, 3.63) is 30.1 Å². The fourth-order valence-corrected chi connectivity index (χ4v) is 2.53. The third kappa shape index (κ3) is 6.09. The van der Waals surface area contributed by atoms with Crippen LogP contribution in [-0.4, -0.2) is 42.1 Å². The van der Waals surface area contributed by atoms with E-state index in [0.717, 1.165) is 25.6 Å². The molecule has 0 amide bonds. The molecule has 1 unspecified atom stereocenters. The van der Waals surface area contributed by atoms with Crippen molar-refractivity contribution in [1.29, 1.82) is 0 Å². The van der Waals surface area contributed by atoms with Crippen molar-refractivity contribution in [1.82, 2.24) is 15.2 Å². The van der Waals surface area contributed by atoms with E-state index in [1.807, 2.05) is 18.5 Å². The molecule has 1 atom stereocenters. The minimum Gasteiger partial charge on any atom is -0.315 e. The smallest absolute Gasteiger partial charge is 0.0300 e. The van der Waals surface area contributed by atoms with Crippen molar-refractivity contribution < 1.29 is 0 Å². The molecular weight excluding hydrogens is 281 g/mol.